The first-order chi connectivity index (χ1) is 10.8. The normalized spacial score (nSPS) is 19.9. The van der Waals surface area contributed by atoms with E-state index in [1.807, 2.05) is 29.2 Å². The van der Waals surface area contributed by atoms with Crippen LogP contribution in [0.2, 0.25) is 0 Å². The van der Waals surface area contributed by atoms with E-state index >= 15 is 0 Å². The van der Waals surface area contributed by atoms with Gasteiger partial charge < -0.3 is 15.0 Å². The van der Waals surface area contributed by atoms with Crippen LogP contribution in [-0.2, 0) is 0 Å². The number of nitrogens with one attached hydrogen (secondary N) is 1. The number of hydrogen-bond acceptors (Lipinski definition) is 3. The number of ether oxygens (including phenoxy) is 1. The van der Waals surface area contributed by atoms with Gasteiger partial charge in [-0.2, -0.15) is 0 Å². The summed E-state index contributed by atoms with van der Waals surface area (Å²) >= 11 is 0. The SMILES string of the molecule is O=C(c1cccc(OCC2CCCCC2)c1)N1CCNCC1. The summed E-state index contributed by atoms with van der Waals surface area (Å²) < 4.78 is 5.94. The van der Waals surface area contributed by atoms with Gasteiger partial charge in [0.25, 0.3) is 5.91 Å². The summed E-state index contributed by atoms with van der Waals surface area (Å²) in [7, 11) is 0. The summed E-state index contributed by atoms with van der Waals surface area (Å²) in [5.74, 6) is 1.62. The van der Waals surface area contributed by atoms with Gasteiger partial charge >= 0.3 is 0 Å². The Kier molecular flexibility index (Phi) is 5.33. The second-order valence-corrected chi connectivity index (χ2v) is 6.39. The number of hydrogen-bond donors (Lipinski definition) is 1. The van der Waals surface area contributed by atoms with Crippen LogP contribution in [0.1, 0.15) is 42.5 Å². The van der Waals surface area contributed by atoms with Gasteiger partial charge in [-0.05, 0) is 37.0 Å². The lowest BCUT2D eigenvalue weighted by Gasteiger charge is -2.27. The van der Waals surface area contributed by atoms with E-state index < -0.39 is 0 Å². The molecule has 1 N–H and O–H groups in total. The first-order valence-electron chi connectivity index (χ1n) is 8.56. The molecule has 1 saturated carbocycles. The summed E-state index contributed by atoms with van der Waals surface area (Å²) in [6.45, 7) is 4.11. The van der Waals surface area contributed by atoms with Gasteiger partial charge in [0.1, 0.15) is 5.75 Å². The number of piperazine rings is 1. The van der Waals surface area contributed by atoms with Crippen LogP contribution in [0.15, 0.2) is 24.3 Å². The number of carbonyl (C=O) groups excluding carboxylic acids is 1. The molecule has 0 aromatic heterocycles. The van der Waals surface area contributed by atoms with Gasteiger partial charge in [0.15, 0.2) is 0 Å². The Morgan fingerprint density at radius 3 is 2.73 bits per heavy atom. The molecule has 2 fully saturated rings. The van der Waals surface area contributed by atoms with Gasteiger partial charge in [-0.15, -0.1) is 0 Å². The van der Waals surface area contributed by atoms with Crippen molar-refractivity contribution in [2.75, 3.05) is 32.8 Å². The van der Waals surface area contributed by atoms with Crippen molar-refractivity contribution in [2.45, 2.75) is 32.1 Å². The van der Waals surface area contributed by atoms with Gasteiger partial charge in [0.2, 0.25) is 0 Å². The first kappa shape index (κ1) is 15.3. The van der Waals surface area contributed by atoms with Gasteiger partial charge in [-0.25, -0.2) is 0 Å². The summed E-state index contributed by atoms with van der Waals surface area (Å²) in [6, 6.07) is 7.66. The van der Waals surface area contributed by atoms with E-state index in [0.717, 1.165) is 44.1 Å². The molecule has 3 rings (SSSR count). The Morgan fingerprint density at radius 1 is 1.18 bits per heavy atom. The molecular formula is C18H26N2O2. The zero-order valence-electron chi connectivity index (χ0n) is 13.2. The quantitative estimate of drug-likeness (QED) is 0.930. The molecule has 4 nitrogen and oxygen atoms in total. The van der Waals surface area contributed by atoms with Crippen LogP contribution in [0.5, 0.6) is 5.75 Å². The predicted octanol–water partition coefficient (Wildman–Crippen LogP) is 2.69. The molecule has 0 bridgehead atoms. The van der Waals surface area contributed by atoms with Crippen molar-refractivity contribution in [3.63, 3.8) is 0 Å². The highest BCUT2D eigenvalue weighted by Crippen LogP contribution is 2.25. The molecule has 120 valence electrons. The molecule has 1 aromatic rings. The zero-order valence-corrected chi connectivity index (χ0v) is 13.2. The zero-order chi connectivity index (χ0) is 15.2. The predicted molar refractivity (Wildman–Crippen MR) is 87.3 cm³/mol. The molecule has 0 unspecified atom stereocenters. The molecule has 1 aliphatic carbocycles. The highest BCUT2D eigenvalue weighted by molar-refractivity contribution is 5.94. The van der Waals surface area contributed by atoms with Crippen LogP contribution in [0.3, 0.4) is 0 Å². The minimum absolute atomic E-state index is 0.115. The van der Waals surface area contributed by atoms with Crippen molar-refractivity contribution in [1.29, 1.82) is 0 Å². The van der Waals surface area contributed by atoms with E-state index in [-0.39, 0.29) is 5.91 Å². The van der Waals surface area contributed by atoms with E-state index in [1.165, 1.54) is 32.1 Å². The Hall–Kier alpha value is -1.55. The van der Waals surface area contributed by atoms with Crippen LogP contribution in [-0.4, -0.2) is 43.6 Å². The maximum atomic E-state index is 12.5. The van der Waals surface area contributed by atoms with Crippen molar-refractivity contribution < 1.29 is 9.53 Å². The van der Waals surface area contributed by atoms with Crippen molar-refractivity contribution in [2.24, 2.45) is 5.92 Å². The first-order valence-corrected chi connectivity index (χ1v) is 8.56. The standard InChI is InChI=1S/C18H26N2O2/c21-18(20-11-9-19-10-12-20)16-7-4-8-17(13-16)22-14-15-5-2-1-3-6-15/h4,7-8,13,15,19H,1-3,5-6,9-12,14H2. The fourth-order valence-electron chi connectivity index (χ4n) is 3.34. The van der Waals surface area contributed by atoms with Crippen LogP contribution >= 0.6 is 0 Å². The van der Waals surface area contributed by atoms with E-state index in [0.29, 0.717) is 5.92 Å². The summed E-state index contributed by atoms with van der Waals surface area (Å²) in [5.41, 5.74) is 0.739. The average Bonchev–Trinajstić information content (AvgIpc) is 2.61. The molecular weight excluding hydrogens is 276 g/mol. The molecule has 22 heavy (non-hydrogen) atoms. The fourth-order valence-corrected chi connectivity index (χ4v) is 3.34. The molecule has 0 atom stereocenters. The van der Waals surface area contributed by atoms with Gasteiger partial charge in [0.05, 0.1) is 6.61 Å². The average molecular weight is 302 g/mol. The van der Waals surface area contributed by atoms with Crippen LogP contribution in [0.25, 0.3) is 0 Å². The fraction of sp³-hybridized carbons (Fsp3) is 0.611. The van der Waals surface area contributed by atoms with Crippen molar-refractivity contribution >= 4 is 5.91 Å². The Labute approximate surface area is 132 Å². The molecule has 1 aromatic carbocycles. The van der Waals surface area contributed by atoms with Crippen molar-refractivity contribution in [3.8, 4) is 5.75 Å². The largest absolute Gasteiger partial charge is 0.493 e. The minimum atomic E-state index is 0.115. The highest BCUT2D eigenvalue weighted by Gasteiger charge is 2.18. The molecule has 4 heteroatoms. The van der Waals surface area contributed by atoms with Gasteiger partial charge in [0, 0.05) is 31.7 Å². The lowest BCUT2D eigenvalue weighted by atomic mass is 9.90. The second-order valence-electron chi connectivity index (χ2n) is 6.39. The number of nitrogens with zero attached hydrogens (tertiary/aromatic N) is 1. The maximum absolute atomic E-state index is 12.5. The van der Waals surface area contributed by atoms with Crippen LogP contribution < -0.4 is 10.1 Å². The number of carbonyl (C=O) groups is 1. The molecule has 1 saturated heterocycles. The second kappa shape index (κ2) is 7.63. The molecule has 1 amide bonds. The van der Waals surface area contributed by atoms with Crippen LogP contribution in [0, 0.1) is 5.92 Å². The van der Waals surface area contributed by atoms with Gasteiger partial charge in [-0.1, -0.05) is 25.3 Å². The molecule has 1 aliphatic heterocycles. The smallest absolute Gasteiger partial charge is 0.254 e. The Morgan fingerprint density at radius 2 is 1.95 bits per heavy atom. The lowest BCUT2D eigenvalue weighted by Crippen LogP contribution is -2.46. The molecule has 0 spiro atoms. The monoisotopic (exact) mass is 302 g/mol. The summed E-state index contributed by atoms with van der Waals surface area (Å²) in [5, 5.41) is 3.27. The highest BCUT2D eigenvalue weighted by atomic mass is 16.5. The van der Waals surface area contributed by atoms with Crippen LogP contribution in [0.4, 0.5) is 0 Å². The van der Waals surface area contributed by atoms with E-state index in [9.17, 15) is 4.79 Å². The van der Waals surface area contributed by atoms with E-state index in [4.69, 9.17) is 4.74 Å². The third-order valence-corrected chi connectivity index (χ3v) is 4.70. The topological polar surface area (TPSA) is 41.6 Å². The van der Waals surface area contributed by atoms with E-state index in [1.54, 1.807) is 0 Å². The third kappa shape index (κ3) is 4.01. The molecule has 2 aliphatic rings. The number of amides is 1. The molecule has 0 radical (unpaired) electrons. The summed E-state index contributed by atoms with van der Waals surface area (Å²) in [4.78, 5) is 14.4. The number of benzene rings is 1. The Balaban J connectivity index is 1.58. The minimum Gasteiger partial charge on any atom is -0.493 e. The third-order valence-electron chi connectivity index (χ3n) is 4.70. The van der Waals surface area contributed by atoms with Crippen molar-refractivity contribution in [1.82, 2.24) is 10.2 Å². The van der Waals surface area contributed by atoms with E-state index in [2.05, 4.69) is 5.32 Å². The van der Waals surface area contributed by atoms with Crippen molar-refractivity contribution in [3.05, 3.63) is 29.8 Å². The maximum Gasteiger partial charge on any atom is 0.254 e. The summed E-state index contributed by atoms with van der Waals surface area (Å²) in [6.07, 6.45) is 6.58. The lowest BCUT2D eigenvalue weighted by molar-refractivity contribution is 0.0735. The number of rotatable bonds is 4. The van der Waals surface area contributed by atoms with Gasteiger partial charge in [-0.3, -0.25) is 4.79 Å². The Bertz CT molecular complexity index is 492. The molecule has 1 heterocycles.